The van der Waals surface area contributed by atoms with Gasteiger partial charge in [-0.25, -0.2) is 8.78 Å². The largest absolute Gasteiger partial charge is 0.332 e. The van der Waals surface area contributed by atoms with Crippen molar-refractivity contribution in [3.8, 4) is 0 Å². The van der Waals surface area contributed by atoms with Crippen molar-refractivity contribution >= 4 is 17.5 Å². The smallest absolute Gasteiger partial charge is 0.256 e. The number of aromatic nitrogens is 1. The van der Waals surface area contributed by atoms with Gasteiger partial charge in [0.25, 0.3) is 5.91 Å². The van der Waals surface area contributed by atoms with Gasteiger partial charge in [-0.15, -0.1) is 0 Å². The Hall–Kier alpha value is -2.01. The van der Waals surface area contributed by atoms with Gasteiger partial charge in [-0.1, -0.05) is 18.5 Å². The molecule has 0 aliphatic rings. The lowest BCUT2D eigenvalue weighted by atomic mass is 10.1. The van der Waals surface area contributed by atoms with Crippen molar-refractivity contribution in [3.63, 3.8) is 0 Å². The molecule has 2 rings (SSSR count). The molecule has 1 amide bonds. The van der Waals surface area contributed by atoms with Crippen molar-refractivity contribution < 1.29 is 13.6 Å². The lowest BCUT2D eigenvalue weighted by molar-refractivity contribution is 0.0671. The summed E-state index contributed by atoms with van der Waals surface area (Å²) in [7, 11) is 0. The van der Waals surface area contributed by atoms with Gasteiger partial charge in [-0.05, 0) is 43.2 Å². The number of carbonyl (C=O) groups is 1. The maximum atomic E-state index is 13.5. The molecule has 1 heterocycles. The first kappa shape index (κ1) is 17.3. The summed E-state index contributed by atoms with van der Waals surface area (Å²) < 4.78 is 26.7. The molecular formula is C17H17ClF2N2O. The van der Waals surface area contributed by atoms with Crippen LogP contribution < -0.4 is 0 Å². The molecule has 0 spiro atoms. The van der Waals surface area contributed by atoms with Crippen molar-refractivity contribution in [3.05, 3.63) is 64.4 Å². The van der Waals surface area contributed by atoms with Crippen molar-refractivity contribution in [2.75, 3.05) is 0 Å². The standard InChI is InChI=1S/C17H17ClF2N2O/c1-3-11(2)22(10-12-4-6-21-7-5-12)17(23)13-8-15(19)16(20)9-14(13)18/h4-9,11H,3,10H2,1-2H3. The maximum absolute atomic E-state index is 13.5. The van der Waals surface area contributed by atoms with Crippen molar-refractivity contribution in [1.29, 1.82) is 0 Å². The SMILES string of the molecule is CCC(C)N(Cc1ccncc1)C(=O)c1cc(F)c(F)cc1Cl. The fraction of sp³-hybridized carbons (Fsp3) is 0.294. The number of carbonyl (C=O) groups excluding carboxylic acids is 1. The molecule has 0 fully saturated rings. The van der Waals surface area contributed by atoms with Gasteiger partial charge in [0.05, 0.1) is 10.6 Å². The van der Waals surface area contributed by atoms with Crippen LogP contribution in [0.4, 0.5) is 8.78 Å². The molecule has 1 aromatic carbocycles. The minimum atomic E-state index is -1.09. The van der Waals surface area contributed by atoms with Gasteiger partial charge in [0.15, 0.2) is 11.6 Å². The molecule has 0 N–H and O–H groups in total. The van der Waals surface area contributed by atoms with Gasteiger partial charge in [0.2, 0.25) is 0 Å². The van der Waals surface area contributed by atoms with Gasteiger partial charge in [0, 0.05) is 25.0 Å². The summed E-state index contributed by atoms with van der Waals surface area (Å²) in [6.07, 6.45) is 4.00. The van der Waals surface area contributed by atoms with E-state index in [1.807, 2.05) is 13.8 Å². The first-order chi connectivity index (χ1) is 10.9. The number of hydrogen-bond donors (Lipinski definition) is 0. The molecule has 122 valence electrons. The Kier molecular flexibility index (Phi) is 5.66. The zero-order valence-electron chi connectivity index (χ0n) is 12.9. The van der Waals surface area contributed by atoms with Crippen LogP contribution in [0.5, 0.6) is 0 Å². The van der Waals surface area contributed by atoms with Crippen LogP contribution in [-0.4, -0.2) is 21.8 Å². The molecule has 1 atom stereocenters. The summed E-state index contributed by atoms with van der Waals surface area (Å²) in [5, 5.41) is -0.100. The normalized spacial score (nSPS) is 12.0. The summed E-state index contributed by atoms with van der Waals surface area (Å²) in [6.45, 7) is 4.18. The van der Waals surface area contributed by atoms with Gasteiger partial charge < -0.3 is 4.90 Å². The number of pyridine rings is 1. The predicted octanol–water partition coefficient (Wildman–Crippen LogP) is 4.45. The third-order valence-electron chi connectivity index (χ3n) is 3.73. The quantitative estimate of drug-likeness (QED) is 0.754. The fourth-order valence-corrected chi connectivity index (χ4v) is 2.41. The van der Waals surface area contributed by atoms with Gasteiger partial charge in [0.1, 0.15) is 0 Å². The summed E-state index contributed by atoms with van der Waals surface area (Å²) in [5.74, 6) is -2.60. The summed E-state index contributed by atoms with van der Waals surface area (Å²) in [5.41, 5.74) is 0.854. The van der Waals surface area contributed by atoms with E-state index in [9.17, 15) is 13.6 Å². The second-order valence-corrected chi connectivity index (χ2v) is 5.70. The number of hydrogen-bond acceptors (Lipinski definition) is 2. The number of amides is 1. The molecule has 1 unspecified atom stereocenters. The lowest BCUT2D eigenvalue weighted by Gasteiger charge is -2.29. The van der Waals surface area contributed by atoms with E-state index in [1.54, 1.807) is 29.4 Å². The third-order valence-corrected chi connectivity index (χ3v) is 4.04. The predicted molar refractivity (Wildman–Crippen MR) is 85.2 cm³/mol. The molecule has 3 nitrogen and oxygen atoms in total. The van der Waals surface area contributed by atoms with Crippen molar-refractivity contribution in [2.24, 2.45) is 0 Å². The minimum absolute atomic E-state index is 0.0417. The van der Waals surface area contributed by atoms with E-state index in [0.717, 1.165) is 24.1 Å². The zero-order valence-corrected chi connectivity index (χ0v) is 13.6. The Morgan fingerprint density at radius 1 is 1.26 bits per heavy atom. The Morgan fingerprint density at radius 3 is 2.48 bits per heavy atom. The Bertz CT molecular complexity index is 694. The number of nitrogens with zero attached hydrogens (tertiary/aromatic N) is 2. The van der Waals surface area contributed by atoms with E-state index in [-0.39, 0.29) is 16.6 Å². The van der Waals surface area contributed by atoms with Crippen LogP contribution >= 0.6 is 11.6 Å². The van der Waals surface area contributed by atoms with Crippen LogP contribution in [-0.2, 0) is 6.54 Å². The van der Waals surface area contributed by atoms with E-state index in [0.29, 0.717) is 6.54 Å². The topological polar surface area (TPSA) is 33.2 Å². The van der Waals surface area contributed by atoms with Crippen LogP contribution in [0.1, 0.15) is 36.2 Å². The molecule has 0 saturated heterocycles. The van der Waals surface area contributed by atoms with E-state index in [2.05, 4.69) is 4.98 Å². The second-order valence-electron chi connectivity index (χ2n) is 5.29. The molecular weight excluding hydrogens is 322 g/mol. The van der Waals surface area contributed by atoms with Crippen LogP contribution in [0, 0.1) is 11.6 Å². The molecule has 0 bridgehead atoms. The monoisotopic (exact) mass is 338 g/mol. The van der Waals surface area contributed by atoms with Crippen LogP contribution in [0.25, 0.3) is 0 Å². The molecule has 0 aliphatic heterocycles. The average molecular weight is 339 g/mol. The Balaban J connectivity index is 2.35. The van der Waals surface area contributed by atoms with Gasteiger partial charge in [-0.3, -0.25) is 9.78 Å². The van der Waals surface area contributed by atoms with Crippen molar-refractivity contribution in [1.82, 2.24) is 9.88 Å². The molecule has 2 aromatic rings. The first-order valence-corrected chi connectivity index (χ1v) is 7.66. The summed E-state index contributed by atoms with van der Waals surface area (Å²) >= 11 is 5.93. The van der Waals surface area contributed by atoms with E-state index in [4.69, 9.17) is 11.6 Å². The number of benzene rings is 1. The Morgan fingerprint density at radius 2 is 1.87 bits per heavy atom. The molecule has 23 heavy (non-hydrogen) atoms. The van der Waals surface area contributed by atoms with E-state index >= 15 is 0 Å². The third kappa shape index (κ3) is 4.05. The first-order valence-electron chi connectivity index (χ1n) is 7.28. The van der Waals surface area contributed by atoms with Gasteiger partial charge in [-0.2, -0.15) is 0 Å². The fourth-order valence-electron chi connectivity index (χ4n) is 2.17. The molecule has 1 aromatic heterocycles. The van der Waals surface area contributed by atoms with Crippen molar-refractivity contribution in [2.45, 2.75) is 32.9 Å². The van der Waals surface area contributed by atoms with E-state index < -0.39 is 17.5 Å². The zero-order chi connectivity index (χ0) is 17.0. The molecule has 0 aliphatic carbocycles. The molecule has 0 saturated carbocycles. The highest BCUT2D eigenvalue weighted by Crippen LogP contribution is 2.24. The highest BCUT2D eigenvalue weighted by atomic mass is 35.5. The minimum Gasteiger partial charge on any atom is -0.332 e. The highest BCUT2D eigenvalue weighted by molar-refractivity contribution is 6.33. The second kappa shape index (κ2) is 7.51. The summed E-state index contributed by atoms with van der Waals surface area (Å²) in [6, 6.07) is 5.19. The van der Waals surface area contributed by atoms with E-state index in [1.165, 1.54) is 0 Å². The average Bonchev–Trinajstić information content (AvgIpc) is 2.55. The van der Waals surface area contributed by atoms with Crippen LogP contribution in [0.2, 0.25) is 5.02 Å². The highest BCUT2D eigenvalue weighted by Gasteiger charge is 2.24. The molecule has 0 radical (unpaired) electrons. The van der Waals surface area contributed by atoms with Gasteiger partial charge >= 0.3 is 0 Å². The maximum Gasteiger partial charge on any atom is 0.256 e. The molecule has 6 heteroatoms. The van der Waals surface area contributed by atoms with Crippen LogP contribution in [0.3, 0.4) is 0 Å². The number of rotatable bonds is 5. The lowest BCUT2D eigenvalue weighted by Crippen LogP contribution is -2.38. The van der Waals surface area contributed by atoms with Crippen LogP contribution in [0.15, 0.2) is 36.7 Å². The Labute approximate surface area is 138 Å². The summed E-state index contributed by atoms with van der Waals surface area (Å²) in [4.78, 5) is 18.3. The number of halogens is 3.